The van der Waals surface area contributed by atoms with Crippen molar-refractivity contribution in [1.29, 1.82) is 0 Å². The van der Waals surface area contributed by atoms with Crippen molar-refractivity contribution >= 4 is 23.3 Å². The molecule has 1 amide bonds. The minimum Gasteiger partial charge on any atom is -0.478 e. The number of hydrogen-bond acceptors (Lipinski definition) is 4. The van der Waals surface area contributed by atoms with Gasteiger partial charge in [0.25, 0.3) is 0 Å². The van der Waals surface area contributed by atoms with Crippen LogP contribution in [0.5, 0.6) is 0 Å². The number of nitrogens with zero attached hydrogens (tertiary/aromatic N) is 1. The first-order valence-corrected chi connectivity index (χ1v) is 7.17. The van der Waals surface area contributed by atoms with E-state index in [0.717, 1.165) is 25.9 Å². The van der Waals surface area contributed by atoms with Gasteiger partial charge in [-0.1, -0.05) is 0 Å². The van der Waals surface area contributed by atoms with Crippen molar-refractivity contribution in [2.75, 3.05) is 24.1 Å². The number of carbonyl (C=O) groups excluding carboxylic acids is 1. The van der Waals surface area contributed by atoms with Gasteiger partial charge in [0.2, 0.25) is 5.91 Å². The van der Waals surface area contributed by atoms with Crippen LogP contribution in [-0.2, 0) is 4.79 Å². The van der Waals surface area contributed by atoms with Crippen molar-refractivity contribution in [3.05, 3.63) is 23.8 Å². The summed E-state index contributed by atoms with van der Waals surface area (Å²) in [5, 5.41) is 12.1. The van der Waals surface area contributed by atoms with Gasteiger partial charge in [-0.05, 0) is 44.4 Å². The van der Waals surface area contributed by atoms with E-state index >= 15 is 0 Å². The number of aromatic carboxylic acids is 1. The highest BCUT2D eigenvalue weighted by atomic mass is 16.4. The molecule has 1 aliphatic rings. The second-order valence-corrected chi connectivity index (χ2v) is 5.36. The van der Waals surface area contributed by atoms with E-state index in [1.165, 1.54) is 18.6 Å². The van der Waals surface area contributed by atoms with E-state index in [1.807, 2.05) is 4.90 Å². The van der Waals surface area contributed by atoms with Crippen molar-refractivity contribution in [2.45, 2.75) is 32.2 Å². The van der Waals surface area contributed by atoms with Crippen LogP contribution in [0.3, 0.4) is 0 Å². The van der Waals surface area contributed by atoms with Crippen LogP contribution in [0.4, 0.5) is 11.4 Å². The zero-order chi connectivity index (χ0) is 15.4. The topological polar surface area (TPSA) is 95.7 Å². The SMILES string of the molecule is CC(Nc1ccc(N)c(C(=O)O)c1)C(=O)N1CCCCC1. The predicted octanol–water partition coefficient (Wildman–Crippen LogP) is 1.78. The lowest BCUT2D eigenvalue weighted by molar-refractivity contribution is -0.132. The molecule has 1 atom stereocenters. The molecule has 0 bridgehead atoms. The number of piperidine rings is 1. The molecule has 1 aromatic carbocycles. The average molecular weight is 291 g/mol. The number of nitrogens with one attached hydrogen (secondary N) is 1. The first-order valence-electron chi connectivity index (χ1n) is 7.17. The Labute approximate surface area is 123 Å². The third kappa shape index (κ3) is 3.65. The molecular formula is C15H21N3O3. The van der Waals surface area contributed by atoms with Gasteiger partial charge < -0.3 is 21.1 Å². The minimum absolute atomic E-state index is 0.0395. The summed E-state index contributed by atoms with van der Waals surface area (Å²) in [6, 6.07) is 4.27. The van der Waals surface area contributed by atoms with Gasteiger partial charge in [0.15, 0.2) is 0 Å². The Morgan fingerprint density at radius 3 is 2.57 bits per heavy atom. The molecule has 1 aromatic rings. The number of nitrogen functional groups attached to an aromatic ring is 1. The lowest BCUT2D eigenvalue weighted by atomic mass is 10.1. The summed E-state index contributed by atoms with van der Waals surface area (Å²) in [5.74, 6) is -1.03. The molecule has 1 aliphatic heterocycles. The van der Waals surface area contributed by atoms with Crippen molar-refractivity contribution in [3.63, 3.8) is 0 Å². The Balaban J connectivity index is 2.05. The quantitative estimate of drug-likeness (QED) is 0.735. The summed E-state index contributed by atoms with van der Waals surface area (Å²) in [4.78, 5) is 25.2. The number of hydrogen-bond donors (Lipinski definition) is 3. The van der Waals surface area contributed by atoms with Crippen molar-refractivity contribution < 1.29 is 14.7 Å². The summed E-state index contributed by atoms with van der Waals surface area (Å²) in [7, 11) is 0. The van der Waals surface area contributed by atoms with E-state index in [2.05, 4.69) is 5.32 Å². The van der Waals surface area contributed by atoms with Crippen molar-refractivity contribution in [1.82, 2.24) is 4.90 Å². The number of amides is 1. The van der Waals surface area contributed by atoms with Crippen LogP contribution in [0.15, 0.2) is 18.2 Å². The standard InChI is InChI=1S/C15H21N3O3/c1-10(14(19)18-7-3-2-4-8-18)17-11-5-6-13(16)12(9-11)15(20)21/h5-6,9-10,17H,2-4,7-8,16H2,1H3,(H,20,21). The Kier molecular flexibility index (Phi) is 4.67. The van der Waals surface area contributed by atoms with Crippen molar-refractivity contribution in [2.24, 2.45) is 0 Å². The largest absolute Gasteiger partial charge is 0.478 e. The molecule has 1 fully saturated rings. The third-order valence-electron chi connectivity index (χ3n) is 3.71. The Morgan fingerprint density at radius 2 is 1.95 bits per heavy atom. The summed E-state index contributed by atoms with van der Waals surface area (Å²) in [6.07, 6.45) is 3.26. The molecular weight excluding hydrogens is 270 g/mol. The normalized spacial score (nSPS) is 16.3. The predicted molar refractivity (Wildman–Crippen MR) is 81.3 cm³/mol. The van der Waals surface area contributed by atoms with Gasteiger partial charge in [0.05, 0.1) is 5.56 Å². The molecule has 0 spiro atoms. The number of rotatable bonds is 4. The Bertz CT molecular complexity index is 539. The number of nitrogens with two attached hydrogens (primary N) is 1. The number of carbonyl (C=O) groups is 2. The number of benzene rings is 1. The number of likely N-dealkylation sites (tertiary alicyclic amines) is 1. The van der Waals surface area contributed by atoms with Gasteiger partial charge in [0, 0.05) is 24.5 Å². The lowest BCUT2D eigenvalue weighted by Crippen LogP contribution is -2.43. The van der Waals surface area contributed by atoms with Crippen molar-refractivity contribution in [3.8, 4) is 0 Å². The molecule has 1 unspecified atom stereocenters. The minimum atomic E-state index is -1.08. The van der Waals surface area contributed by atoms with Gasteiger partial charge in [-0.3, -0.25) is 4.79 Å². The molecule has 2 rings (SSSR count). The molecule has 4 N–H and O–H groups in total. The van der Waals surface area contributed by atoms with E-state index in [9.17, 15) is 9.59 Å². The zero-order valence-electron chi connectivity index (χ0n) is 12.1. The molecule has 0 radical (unpaired) electrons. The highest BCUT2D eigenvalue weighted by molar-refractivity contribution is 5.95. The second kappa shape index (κ2) is 6.47. The van der Waals surface area contributed by atoms with Gasteiger partial charge in [-0.25, -0.2) is 4.79 Å². The highest BCUT2D eigenvalue weighted by Gasteiger charge is 2.22. The molecule has 1 heterocycles. The van der Waals surface area contributed by atoms with Gasteiger partial charge in [-0.15, -0.1) is 0 Å². The van der Waals surface area contributed by atoms with Crippen LogP contribution in [-0.4, -0.2) is 41.0 Å². The summed E-state index contributed by atoms with van der Waals surface area (Å²) < 4.78 is 0. The van der Waals surface area contributed by atoms with Gasteiger partial charge in [0.1, 0.15) is 6.04 Å². The second-order valence-electron chi connectivity index (χ2n) is 5.36. The monoisotopic (exact) mass is 291 g/mol. The van der Waals surface area contributed by atoms with E-state index in [1.54, 1.807) is 13.0 Å². The fourth-order valence-corrected chi connectivity index (χ4v) is 2.53. The fraction of sp³-hybridized carbons (Fsp3) is 0.467. The first kappa shape index (κ1) is 15.2. The number of anilines is 2. The highest BCUT2D eigenvalue weighted by Crippen LogP contribution is 2.19. The Hall–Kier alpha value is -2.24. The third-order valence-corrected chi connectivity index (χ3v) is 3.71. The van der Waals surface area contributed by atoms with Crippen LogP contribution >= 0.6 is 0 Å². The number of carboxylic acid groups (broad SMARTS) is 1. The molecule has 1 saturated heterocycles. The summed E-state index contributed by atoms with van der Waals surface area (Å²) >= 11 is 0. The van der Waals surface area contributed by atoms with Crippen LogP contribution in [0.2, 0.25) is 0 Å². The molecule has 0 aliphatic carbocycles. The van der Waals surface area contributed by atoms with E-state index in [4.69, 9.17) is 10.8 Å². The summed E-state index contributed by atoms with van der Waals surface area (Å²) in [5.41, 5.74) is 6.45. The lowest BCUT2D eigenvalue weighted by Gasteiger charge is -2.29. The molecule has 114 valence electrons. The fourth-order valence-electron chi connectivity index (χ4n) is 2.53. The van der Waals surface area contributed by atoms with Gasteiger partial charge >= 0.3 is 5.97 Å². The van der Waals surface area contributed by atoms with Crippen LogP contribution < -0.4 is 11.1 Å². The van der Waals surface area contributed by atoms with Crippen LogP contribution in [0, 0.1) is 0 Å². The van der Waals surface area contributed by atoms with E-state index in [-0.39, 0.29) is 17.2 Å². The summed E-state index contributed by atoms with van der Waals surface area (Å²) in [6.45, 7) is 3.38. The first-order chi connectivity index (χ1) is 9.99. The maximum atomic E-state index is 12.3. The van der Waals surface area contributed by atoms with E-state index < -0.39 is 12.0 Å². The molecule has 21 heavy (non-hydrogen) atoms. The molecule has 6 nitrogen and oxygen atoms in total. The number of carboxylic acids is 1. The molecule has 0 aromatic heterocycles. The maximum absolute atomic E-state index is 12.3. The van der Waals surface area contributed by atoms with Crippen LogP contribution in [0.25, 0.3) is 0 Å². The molecule has 0 saturated carbocycles. The molecule has 6 heteroatoms. The van der Waals surface area contributed by atoms with Crippen LogP contribution in [0.1, 0.15) is 36.5 Å². The Morgan fingerprint density at radius 1 is 1.29 bits per heavy atom. The smallest absolute Gasteiger partial charge is 0.337 e. The maximum Gasteiger partial charge on any atom is 0.337 e. The van der Waals surface area contributed by atoms with E-state index in [0.29, 0.717) is 5.69 Å². The average Bonchev–Trinajstić information content (AvgIpc) is 2.49. The zero-order valence-corrected chi connectivity index (χ0v) is 12.1. The van der Waals surface area contributed by atoms with Gasteiger partial charge in [-0.2, -0.15) is 0 Å².